The van der Waals surface area contributed by atoms with Gasteiger partial charge in [0.05, 0.1) is 11.3 Å². The second-order valence-corrected chi connectivity index (χ2v) is 6.68. The maximum absolute atomic E-state index is 12.8. The lowest BCUT2D eigenvalue weighted by atomic mass is 9.88. The van der Waals surface area contributed by atoms with Gasteiger partial charge in [-0.15, -0.1) is 0 Å². The molecule has 2 saturated heterocycles. The van der Waals surface area contributed by atoms with Crippen molar-refractivity contribution in [2.24, 2.45) is 5.92 Å². The molecular weight excluding hydrogens is 292 g/mol. The van der Waals surface area contributed by atoms with Crippen molar-refractivity contribution in [3.63, 3.8) is 0 Å². The molecule has 0 N–H and O–H groups in total. The highest BCUT2D eigenvalue weighted by Gasteiger charge is 2.37. The third-order valence-electron chi connectivity index (χ3n) is 5.17. The zero-order chi connectivity index (χ0) is 16.6. The second-order valence-electron chi connectivity index (χ2n) is 6.68. The standard InChI is InChI=1S/C17H24N4O2/c1-11-14(9-18-12(2)19-11)17(23)21-8-7-15-13(10-21)5-4-6-16(22)20(15)3/h9,13,15H,4-8,10H2,1-3H3/t13-,15+/m0/s1. The molecule has 1 aromatic rings. The normalized spacial score (nSPS) is 25.1. The van der Waals surface area contributed by atoms with Gasteiger partial charge in [-0.3, -0.25) is 9.59 Å². The number of hydrogen-bond donors (Lipinski definition) is 0. The van der Waals surface area contributed by atoms with Gasteiger partial charge in [0.1, 0.15) is 5.82 Å². The number of aryl methyl sites for hydroxylation is 2. The van der Waals surface area contributed by atoms with Crippen LogP contribution in [0.3, 0.4) is 0 Å². The average Bonchev–Trinajstić information content (AvgIpc) is 2.66. The molecule has 0 bridgehead atoms. The third kappa shape index (κ3) is 3.07. The summed E-state index contributed by atoms with van der Waals surface area (Å²) >= 11 is 0. The molecule has 0 aliphatic carbocycles. The van der Waals surface area contributed by atoms with E-state index < -0.39 is 0 Å². The maximum Gasteiger partial charge on any atom is 0.257 e. The zero-order valence-corrected chi connectivity index (χ0v) is 14.1. The molecule has 2 aliphatic heterocycles. The van der Waals surface area contributed by atoms with Gasteiger partial charge in [-0.05, 0) is 39.0 Å². The van der Waals surface area contributed by atoms with Gasteiger partial charge in [-0.2, -0.15) is 0 Å². The van der Waals surface area contributed by atoms with E-state index in [1.54, 1.807) is 6.20 Å². The van der Waals surface area contributed by atoms with Crippen LogP contribution >= 0.6 is 0 Å². The summed E-state index contributed by atoms with van der Waals surface area (Å²) in [7, 11) is 1.90. The van der Waals surface area contributed by atoms with Crippen LogP contribution in [0.15, 0.2) is 6.20 Å². The van der Waals surface area contributed by atoms with Crippen LogP contribution in [0.25, 0.3) is 0 Å². The minimum atomic E-state index is 0.0131. The Labute approximate surface area is 136 Å². The Morgan fingerprint density at radius 1 is 1.30 bits per heavy atom. The van der Waals surface area contributed by atoms with Crippen LogP contribution in [-0.2, 0) is 4.79 Å². The highest BCUT2D eigenvalue weighted by Crippen LogP contribution is 2.30. The van der Waals surface area contributed by atoms with E-state index >= 15 is 0 Å². The van der Waals surface area contributed by atoms with Gasteiger partial charge in [0, 0.05) is 38.8 Å². The molecule has 0 aromatic carbocycles. The number of carbonyl (C=O) groups excluding carboxylic acids is 2. The molecule has 6 nitrogen and oxygen atoms in total. The average molecular weight is 316 g/mol. The lowest BCUT2D eigenvalue weighted by Gasteiger charge is -2.41. The summed E-state index contributed by atoms with van der Waals surface area (Å²) in [4.78, 5) is 37.1. The number of likely N-dealkylation sites (tertiary alicyclic amines) is 2. The molecule has 2 fully saturated rings. The van der Waals surface area contributed by atoms with E-state index in [4.69, 9.17) is 0 Å². The topological polar surface area (TPSA) is 66.4 Å². The molecule has 0 radical (unpaired) electrons. The first-order valence-electron chi connectivity index (χ1n) is 8.32. The molecule has 0 saturated carbocycles. The smallest absolute Gasteiger partial charge is 0.257 e. The van der Waals surface area contributed by atoms with Gasteiger partial charge in [-0.1, -0.05) is 0 Å². The van der Waals surface area contributed by atoms with Gasteiger partial charge in [0.2, 0.25) is 5.91 Å². The van der Waals surface area contributed by atoms with E-state index in [-0.39, 0.29) is 17.9 Å². The van der Waals surface area contributed by atoms with Gasteiger partial charge in [0.15, 0.2) is 0 Å². The molecule has 3 heterocycles. The minimum absolute atomic E-state index is 0.0131. The number of amides is 2. The van der Waals surface area contributed by atoms with Gasteiger partial charge in [0.25, 0.3) is 5.91 Å². The molecule has 0 unspecified atom stereocenters. The molecule has 2 atom stereocenters. The number of hydrogen-bond acceptors (Lipinski definition) is 4. The molecular formula is C17H24N4O2. The van der Waals surface area contributed by atoms with Crippen molar-refractivity contribution < 1.29 is 9.59 Å². The number of piperidine rings is 1. The monoisotopic (exact) mass is 316 g/mol. The highest BCUT2D eigenvalue weighted by atomic mass is 16.2. The summed E-state index contributed by atoms with van der Waals surface area (Å²) < 4.78 is 0. The fraction of sp³-hybridized carbons (Fsp3) is 0.647. The summed E-state index contributed by atoms with van der Waals surface area (Å²) in [6, 6.07) is 0.268. The van der Waals surface area contributed by atoms with Crippen LogP contribution in [0.1, 0.15) is 47.6 Å². The quantitative estimate of drug-likeness (QED) is 0.789. The molecule has 2 amide bonds. The predicted molar refractivity (Wildman–Crippen MR) is 85.9 cm³/mol. The Bertz CT molecular complexity index is 631. The van der Waals surface area contributed by atoms with E-state index in [2.05, 4.69) is 9.97 Å². The van der Waals surface area contributed by atoms with Crippen LogP contribution in [0, 0.1) is 19.8 Å². The second kappa shape index (κ2) is 6.26. The first-order chi connectivity index (χ1) is 11.0. The SMILES string of the molecule is Cc1ncc(C(=O)N2CC[C@@H]3[C@@H](CCCC(=O)N3C)C2)c(C)n1. The Kier molecular flexibility index (Phi) is 4.33. The van der Waals surface area contributed by atoms with Crippen molar-refractivity contribution >= 4 is 11.8 Å². The highest BCUT2D eigenvalue weighted by molar-refractivity contribution is 5.95. The molecule has 1 aromatic heterocycles. The lowest BCUT2D eigenvalue weighted by molar-refractivity contribution is -0.132. The van der Waals surface area contributed by atoms with Crippen molar-refractivity contribution in [1.29, 1.82) is 0 Å². The van der Waals surface area contributed by atoms with E-state index in [9.17, 15) is 9.59 Å². The minimum Gasteiger partial charge on any atom is -0.342 e. The summed E-state index contributed by atoms with van der Waals surface area (Å²) in [5, 5.41) is 0. The lowest BCUT2D eigenvalue weighted by Crippen LogP contribution is -2.51. The van der Waals surface area contributed by atoms with Crippen LogP contribution < -0.4 is 0 Å². The predicted octanol–water partition coefficient (Wildman–Crippen LogP) is 1.57. The van der Waals surface area contributed by atoms with E-state index in [0.29, 0.717) is 36.8 Å². The first kappa shape index (κ1) is 15.9. The van der Waals surface area contributed by atoms with E-state index in [1.165, 1.54) is 0 Å². The van der Waals surface area contributed by atoms with Crippen LogP contribution in [0.4, 0.5) is 0 Å². The van der Waals surface area contributed by atoms with Crippen LogP contribution in [0.2, 0.25) is 0 Å². The molecule has 2 aliphatic rings. The number of carbonyl (C=O) groups is 2. The number of fused-ring (bicyclic) bond motifs is 1. The number of aromatic nitrogens is 2. The Morgan fingerprint density at radius 3 is 2.83 bits per heavy atom. The molecule has 0 spiro atoms. The Hall–Kier alpha value is -1.98. The van der Waals surface area contributed by atoms with Crippen molar-refractivity contribution in [3.8, 4) is 0 Å². The van der Waals surface area contributed by atoms with E-state index in [0.717, 1.165) is 25.0 Å². The van der Waals surface area contributed by atoms with Crippen molar-refractivity contribution in [1.82, 2.24) is 19.8 Å². The Morgan fingerprint density at radius 2 is 2.09 bits per heavy atom. The first-order valence-corrected chi connectivity index (χ1v) is 8.32. The Balaban J connectivity index is 1.76. The van der Waals surface area contributed by atoms with Gasteiger partial charge in [-0.25, -0.2) is 9.97 Å². The molecule has 23 heavy (non-hydrogen) atoms. The van der Waals surface area contributed by atoms with Gasteiger partial charge >= 0.3 is 0 Å². The van der Waals surface area contributed by atoms with Crippen molar-refractivity contribution in [2.45, 2.75) is 45.6 Å². The largest absolute Gasteiger partial charge is 0.342 e. The maximum atomic E-state index is 12.8. The van der Waals surface area contributed by atoms with Crippen molar-refractivity contribution in [3.05, 3.63) is 23.3 Å². The molecule has 3 rings (SSSR count). The summed E-state index contributed by atoms with van der Waals surface area (Å²) in [5.41, 5.74) is 1.32. The summed E-state index contributed by atoms with van der Waals surface area (Å²) in [6.45, 7) is 5.08. The zero-order valence-electron chi connectivity index (χ0n) is 14.1. The number of rotatable bonds is 1. The number of nitrogens with zero attached hydrogens (tertiary/aromatic N) is 4. The summed E-state index contributed by atoms with van der Waals surface area (Å²) in [5.74, 6) is 1.30. The van der Waals surface area contributed by atoms with E-state index in [1.807, 2.05) is 30.7 Å². The van der Waals surface area contributed by atoms with Crippen LogP contribution in [-0.4, -0.2) is 57.8 Å². The molecule has 6 heteroatoms. The third-order valence-corrected chi connectivity index (χ3v) is 5.17. The van der Waals surface area contributed by atoms with Crippen molar-refractivity contribution in [2.75, 3.05) is 20.1 Å². The van der Waals surface area contributed by atoms with Gasteiger partial charge < -0.3 is 9.80 Å². The fourth-order valence-electron chi connectivity index (χ4n) is 3.84. The fourth-order valence-corrected chi connectivity index (χ4v) is 3.84. The molecule has 124 valence electrons. The van der Waals surface area contributed by atoms with Crippen LogP contribution in [0.5, 0.6) is 0 Å². The summed E-state index contributed by atoms with van der Waals surface area (Å²) in [6.07, 6.45) is 5.04.